The third-order valence-electron chi connectivity index (χ3n) is 4.79. The first kappa shape index (κ1) is 22.2. The van der Waals surface area contributed by atoms with Gasteiger partial charge in [0.2, 0.25) is 5.95 Å². The fraction of sp³-hybridized carbons (Fsp3) is 0.450. The molecule has 3 rings (SSSR count). The van der Waals surface area contributed by atoms with E-state index in [1.54, 1.807) is 12.1 Å². The number of piperidine rings is 1. The molecule has 0 unspecified atom stereocenters. The average Bonchev–Trinajstić information content (AvgIpc) is 2.66. The molecule has 0 bridgehead atoms. The van der Waals surface area contributed by atoms with Crippen LogP contribution in [-0.4, -0.2) is 28.2 Å². The molecule has 1 saturated heterocycles. The first-order valence-corrected chi connectivity index (χ1v) is 10.0. The number of thiocarbonyl (C=S) groups is 1. The first-order chi connectivity index (χ1) is 14.1. The standard InChI is InChI=1S/C20H23F4N5S/c1-12-7-13(2)11-29(10-12)17-8-16(20(22,23)24)26-18(27-17)28-19(30)25-9-14-3-5-15(21)6-4-14/h3-6,8,12-13H,7,9-11H2,1-2H3,(H2,25,26,27,28,30)/t12-,13+. The molecule has 1 aromatic carbocycles. The van der Waals surface area contributed by atoms with Crippen molar-refractivity contribution in [1.29, 1.82) is 0 Å². The van der Waals surface area contributed by atoms with Crippen molar-refractivity contribution in [2.45, 2.75) is 33.0 Å². The van der Waals surface area contributed by atoms with Gasteiger partial charge in [0, 0.05) is 25.7 Å². The number of hydrogen-bond donors (Lipinski definition) is 2. The highest BCUT2D eigenvalue weighted by atomic mass is 32.1. The number of nitrogens with zero attached hydrogens (tertiary/aromatic N) is 3. The molecule has 0 saturated carbocycles. The summed E-state index contributed by atoms with van der Waals surface area (Å²) < 4.78 is 53.2. The van der Waals surface area contributed by atoms with Crippen molar-refractivity contribution >= 4 is 29.1 Å². The van der Waals surface area contributed by atoms with Gasteiger partial charge in [-0.3, -0.25) is 0 Å². The lowest BCUT2D eigenvalue weighted by Gasteiger charge is -2.36. The minimum atomic E-state index is -4.61. The quantitative estimate of drug-likeness (QED) is 0.534. The Hall–Kier alpha value is -2.49. The van der Waals surface area contributed by atoms with Gasteiger partial charge in [-0.15, -0.1) is 0 Å². The van der Waals surface area contributed by atoms with Crippen LogP contribution >= 0.6 is 12.2 Å². The molecular formula is C20H23F4N5S. The van der Waals surface area contributed by atoms with E-state index in [9.17, 15) is 17.6 Å². The van der Waals surface area contributed by atoms with Crippen molar-refractivity contribution in [2.75, 3.05) is 23.3 Å². The van der Waals surface area contributed by atoms with Gasteiger partial charge in [-0.1, -0.05) is 26.0 Å². The Morgan fingerprint density at radius 2 is 1.77 bits per heavy atom. The van der Waals surface area contributed by atoms with Crippen molar-refractivity contribution < 1.29 is 17.6 Å². The molecule has 1 fully saturated rings. The van der Waals surface area contributed by atoms with E-state index in [1.807, 2.05) is 4.90 Å². The second-order valence-corrected chi connectivity index (χ2v) is 8.13. The van der Waals surface area contributed by atoms with Gasteiger partial charge in [0.05, 0.1) is 0 Å². The number of aromatic nitrogens is 2. The highest BCUT2D eigenvalue weighted by Crippen LogP contribution is 2.32. The number of rotatable bonds is 4. The predicted molar refractivity (Wildman–Crippen MR) is 112 cm³/mol. The minimum Gasteiger partial charge on any atom is -0.358 e. The summed E-state index contributed by atoms with van der Waals surface area (Å²) in [5.74, 6) is 0.355. The number of nitrogens with one attached hydrogen (secondary N) is 2. The van der Waals surface area contributed by atoms with Gasteiger partial charge in [-0.05, 0) is 48.2 Å². The number of anilines is 2. The molecule has 2 aromatic rings. The lowest BCUT2D eigenvalue weighted by molar-refractivity contribution is -0.141. The molecule has 2 atom stereocenters. The molecule has 10 heteroatoms. The molecule has 5 nitrogen and oxygen atoms in total. The summed E-state index contributed by atoms with van der Waals surface area (Å²) in [4.78, 5) is 9.72. The molecule has 2 heterocycles. The van der Waals surface area contributed by atoms with Crippen molar-refractivity contribution in [2.24, 2.45) is 11.8 Å². The normalized spacial score (nSPS) is 19.5. The van der Waals surface area contributed by atoms with E-state index in [-0.39, 0.29) is 29.2 Å². The van der Waals surface area contributed by atoms with Crippen molar-refractivity contribution in [3.63, 3.8) is 0 Å². The smallest absolute Gasteiger partial charge is 0.358 e. The zero-order chi connectivity index (χ0) is 21.9. The molecule has 1 aliphatic rings. The van der Waals surface area contributed by atoms with Crippen LogP contribution in [0.3, 0.4) is 0 Å². The van der Waals surface area contributed by atoms with E-state index in [0.29, 0.717) is 24.9 Å². The summed E-state index contributed by atoms with van der Waals surface area (Å²) in [6.07, 6.45) is -3.58. The van der Waals surface area contributed by atoms with Gasteiger partial charge in [-0.25, -0.2) is 9.37 Å². The molecule has 2 N–H and O–H groups in total. The first-order valence-electron chi connectivity index (χ1n) is 9.60. The van der Waals surface area contributed by atoms with E-state index in [0.717, 1.165) is 18.1 Å². The molecule has 0 aliphatic carbocycles. The second kappa shape index (κ2) is 9.11. The fourth-order valence-corrected chi connectivity index (χ4v) is 3.74. The van der Waals surface area contributed by atoms with Crippen molar-refractivity contribution in [1.82, 2.24) is 15.3 Å². The minimum absolute atomic E-state index is 0.0741. The molecule has 1 aliphatic heterocycles. The van der Waals surface area contributed by atoms with E-state index in [2.05, 4.69) is 34.4 Å². The highest BCUT2D eigenvalue weighted by molar-refractivity contribution is 7.80. The Kier molecular flexibility index (Phi) is 6.74. The summed E-state index contributed by atoms with van der Waals surface area (Å²) in [5, 5.41) is 5.57. The third kappa shape index (κ3) is 6.01. The fourth-order valence-electron chi connectivity index (χ4n) is 3.58. The Labute approximate surface area is 177 Å². The summed E-state index contributed by atoms with van der Waals surface area (Å²) >= 11 is 5.16. The highest BCUT2D eigenvalue weighted by Gasteiger charge is 2.35. The second-order valence-electron chi connectivity index (χ2n) is 7.72. The van der Waals surface area contributed by atoms with Gasteiger partial charge >= 0.3 is 6.18 Å². The van der Waals surface area contributed by atoms with Crippen LogP contribution < -0.4 is 15.5 Å². The molecule has 0 radical (unpaired) electrons. The Balaban J connectivity index is 1.75. The van der Waals surface area contributed by atoms with E-state index in [4.69, 9.17) is 12.2 Å². The molecular weight excluding hydrogens is 418 g/mol. The van der Waals surface area contributed by atoms with Crippen LogP contribution in [-0.2, 0) is 12.7 Å². The van der Waals surface area contributed by atoms with Gasteiger partial charge in [-0.2, -0.15) is 18.2 Å². The van der Waals surface area contributed by atoms with Crippen molar-refractivity contribution in [3.8, 4) is 0 Å². The predicted octanol–water partition coefficient (Wildman–Crippen LogP) is 4.60. The third-order valence-corrected chi connectivity index (χ3v) is 5.03. The number of benzene rings is 1. The molecule has 1 aromatic heterocycles. The zero-order valence-electron chi connectivity index (χ0n) is 16.6. The zero-order valence-corrected chi connectivity index (χ0v) is 17.4. The van der Waals surface area contributed by atoms with Gasteiger partial charge < -0.3 is 15.5 Å². The van der Waals surface area contributed by atoms with Gasteiger partial charge in [0.25, 0.3) is 0 Å². The number of alkyl halides is 3. The van der Waals surface area contributed by atoms with Crippen LogP contribution in [0, 0.1) is 17.7 Å². The monoisotopic (exact) mass is 441 g/mol. The number of hydrogen-bond acceptors (Lipinski definition) is 4. The van der Waals surface area contributed by atoms with Crippen LogP contribution in [0.2, 0.25) is 0 Å². The lowest BCUT2D eigenvalue weighted by atomic mass is 9.92. The SMILES string of the molecule is C[C@@H]1C[C@H](C)CN(c2cc(C(F)(F)F)nc(NC(=S)NCc3ccc(F)cc3)n2)C1. The van der Waals surface area contributed by atoms with Gasteiger partial charge in [0.1, 0.15) is 11.6 Å². The van der Waals surface area contributed by atoms with Crippen LogP contribution in [0.4, 0.5) is 29.3 Å². The maximum Gasteiger partial charge on any atom is 0.433 e. The summed E-state index contributed by atoms with van der Waals surface area (Å²) in [5.41, 5.74) is -0.260. The van der Waals surface area contributed by atoms with Crippen LogP contribution in [0.1, 0.15) is 31.5 Å². The summed E-state index contributed by atoms with van der Waals surface area (Å²) in [6.45, 7) is 5.68. The van der Waals surface area contributed by atoms with Crippen LogP contribution in [0.5, 0.6) is 0 Å². The Morgan fingerprint density at radius 3 is 2.37 bits per heavy atom. The average molecular weight is 441 g/mol. The van der Waals surface area contributed by atoms with E-state index < -0.39 is 11.9 Å². The molecule has 30 heavy (non-hydrogen) atoms. The largest absolute Gasteiger partial charge is 0.433 e. The lowest BCUT2D eigenvalue weighted by Crippen LogP contribution is -2.39. The van der Waals surface area contributed by atoms with E-state index in [1.165, 1.54) is 12.1 Å². The molecule has 0 spiro atoms. The molecule has 0 amide bonds. The summed E-state index contributed by atoms with van der Waals surface area (Å²) in [7, 11) is 0. The Morgan fingerprint density at radius 1 is 1.13 bits per heavy atom. The van der Waals surface area contributed by atoms with Crippen LogP contribution in [0.25, 0.3) is 0 Å². The maximum atomic E-state index is 13.4. The number of halogens is 4. The van der Waals surface area contributed by atoms with Crippen LogP contribution in [0.15, 0.2) is 30.3 Å². The maximum absolute atomic E-state index is 13.4. The Bertz CT molecular complexity index is 878. The topological polar surface area (TPSA) is 53.1 Å². The van der Waals surface area contributed by atoms with E-state index >= 15 is 0 Å². The van der Waals surface area contributed by atoms with Crippen molar-refractivity contribution in [3.05, 3.63) is 47.4 Å². The van der Waals surface area contributed by atoms with Gasteiger partial charge in [0.15, 0.2) is 10.8 Å². The summed E-state index contributed by atoms with van der Waals surface area (Å²) in [6, 6.07) is 6.78. The molecule has 162 valence electrons.